The lowest BCUT2D eigenvalue weighted by Gasteiger charge is -2.07. The van der Waals surface area contributed by atoms with E-state index in [-0.39, 0.29) is 5.69 Å². The molecule has 6 heteroatoms. The van der Waals surface area contributed by atoms with Crippen LogP contribution >= 0.6 is 0 Å². The number of aryl methyl sites for hydroxylation is 1. The molecule has 0 aliphatic rings. The first-order chi connectivity index (χ1) is 9.60. The van der Waals surface area contributed by atoms with Crippen LogP contribution in [0.2, 0.25) is 0 Å². The maximum Gasteiger partial charge on any atom is 0.358 e. The number of carboxylic acid groups (broad SMARTS) is 1. The Balaban J connectivity index is 2.21. The number of hydrogen-bond acceptors (Lipinski definition) is 4. The topological polar surface area (TPSA) is 77.5 Å². The van der Waals surface area contributed by atoms with Crippen LogP contribution in [0.5, 0.6) is 5.75 Å². The molecule has 0 saturated heterocycles. The van der Waals surface area contributed by atoms with E-state index in [0.717, 1.165) is 10.9 Å². The lowest BCUT2D eigenvalue weighted by atomic mass is 10.1. The number of fused-ring (bicyclic) bond motifs is 1. The fourth-order valence-corrected chi connectivity index (χ4v) is 2.16. The Morgan fingerprint density at radius 3 is 2.85 bits per heavy atom. The lowest BCUT2D eigenvalue weighted by molar-refractivity contribution is 0.0686. The second kappa shape index (κ2) is 4.41. The second-order valence-electron chi connectivity index (χ2n) is 4.42. The van der Waals surface area contributed by atoms with Gasteiger partial charge >= 0.3 is 5.97 Å². The molecule has 1 N–H and O–H groups in total. The van der Waals surface area contributed by atoms with Crippen molar-refractivity contribution >= 4 is 16.9 Å². The van der Waals surface area contributed by atoms with E-state index in [2.05, 4.69) is 5.16 Å². The van der Waals surface area contributed by atoms with Gasteiger partial charge in [-0.2, -0.15) is 0 Å². The first-order valence-corrected chi connectivity index (χ1v) is 5.93. The fraction of sp³-hybridized carbons (Fsp3) is 0.143. The molecule has 3 rings (SSSR count). The standard InChI is InChI=1S/C14H12N2O4/c1-16-4-3-8-5-12(19-2)9(6-11(8)16)13-7-10(14(17)18)15-20-13/h3-7H,1-2H3,(H,17,18). The second-order valence-corrected chi connectivity index (χ2v) is 4.42. The van der Waals surface area contributed by atoms with E-state index >= 15 is 0 Å². The summed E-state index contributed by atoms with van der Waals surface area (Å²) in [6.07, 6.45) is 1.94. The van der Waals surface area contributed by atoms with Crippen LogP contribution in [-0.4, -0.2) is 27.9 Å². The Hall–Kier alpha value is -2.76. The van der Waals surface area contributed by atoms with Gasteiger partial charge in [0.25, 0.3) is 0 Å². The molecular formula is C14H12N2O4. The van der Waals surface area contributed by atoms with E-state index in [1.807, 2.05) is 36.0 Å². The molecule has 6 nitrogen and oxygen atoms in total. The zero-order valence-corrected chi connectivity index (χ0v) is 11.0. The van der Waals surface area contributed by atoms with Gasteiger partial charge in [0.2, 0.25) is 0 Å². The number of nitrogens with zero attached hydrogens (tertiary/aromatic N) is 2. The number of carboxylic acids is 1. The fourth-order valence-electron chi connectivity index (χ4n) is 2.16. The summed E-state index contributed by atoms with van der Waals surface area (Å²) >= 11 is 0. The van der Waals surface area contributed by atoms with Gasteiger partial charge in [-0.1, -0.05) is 5.16 Å². The Kier molecular flexibility index (Phi) is 2.71. The van der Waals surface area contributed by atoms with Crippen LogP contribution in [0.15, 0.2) is 35.0 Å². The maximum atomic E-state index is 10.9. The monoisotopic (exact) mass is 272 g/mol. The molecule has 0 amide bonds. The first-order valence-electron chi connectivity index (χ1n) is 5.93. The molecule has 0 saturated carbocycles. The number of aromatic nitrogens is 2. The summed E-state index contributed by atoms with van der Waals surface area (Å²) in [6, 6.07) is 7.13. The summed E-state index contributed by atoms with van der Waals surface area (Å²) < 4.78 is 12.4. The maximum absolute atomic E-state index is 10.9. The molecular weight excluding hydrogens is 260 g/mol. The van der Waals surface area contributed by atoms with Gasteiger partial charge in [-0.05, 0) is 18.2 Å². The van der Waals surface area contributed by atoms with Crippen molar-refractivity contribution in [2.24, 2.45) is 7.05 Å². The van der Waals surface area contributed by atoms with Crippen LogP contribution in [0.25, 0.3) is 22.2 Å². The van der Waals surface area contributed by atoms with E-state index < -0.39 is 5.97 Å². The highest BCUT2D eigenvalue weighted by atomic mass is 16.5. The molecule has 2 aromatic heterocycles. The first kappa shape index (κ1) is 12.3. The molecule has 2 heterocycles. The zero-order valence-electron chi connectivity index (χ0n) is 11.0. The van der Waals surface area contributed by atoms with Crippen LogP contribution in [0.3, 0.4) is 0 Å². The SMILES string of the molecule is COc1cc2ccn(C)c2cc1-c1cc(C(=O)O)no1. The predicted octanol–water partition coefficient (Wildman–Crippen LogP) is 2.54. The highest BCUT2D eigenvalue weighted by Crippen LogP contribution is 2.34. The Bertz CT molecular complexity index is 801. The Labute approximate surface area is 114 Å². The van der Waals surface area contributed by atoms with Gasteiger partial charge < -0.3 is 18.9 Å². The van der Waals surface area contributed by atoms with Crippen LogP contribution in [-0.2, 0) is 7.05 Å². The van der Waals surface area contributed by atoms with Crippen molar-refractivity contribution in [2.75, 3.05) is 7.11 Å². The summed E-state index contributed by atoms with van der Waals surface area (Å²) in [7, 11) is 3.49. The molecule has 0 unspecified atom stereocenters. The number of aromatic carboxylic acids is 1. The van der Waals surface area contributed by atoms with Crippen molar-refractivity contribution < 1.29 is 19.2 Å². The van der Waals surface area contributed by atoms with Gasteiger partial charge in [-0.15, -0.1) is 0 Å². The summed E-state index contributed by atoms with van der Waals surface area (Å²) in [5.74, 6) is -0.155. The average molecular weight is 272 g/mol. The minimum atomic E-state index is -1.13. The summed E-state index contributed by atoms with van der Waals surface area (Å²) in [4.78, 5) is 10.9. The summed E-state index contributed by atoms with van der Waals surface area (Å²) in [5.41, 5.74) is 1.53. The molecule has 3 aromatic rings. The quantitative estimate of drug-likeness (QED) is 0.792. The lowest BCUT2D eigenvalue weighted by Crippen LogP contribution is -1.94. The van der Waals surface area contributed by atoms with Crippen molar-refractivity contribution in [3.63, 3.8) is 0 Å². The zero-order chi connectivity index (χ0) is 14.3. The molecule has 0 spiro atoms. The molecule has 0 atom stereocenters. The number of hydrogen-bond donors (Lipinski definition) is 1. The summed E-state index contributed by atoms with van der Waals surface area (Å²) in [5, 5.41) is 13.5. The van der Waals surface area contributed by atoms with Crippen molar-refractivity contribution in [3.8, 4) is 17.1 Å². The minimum absolute atomic E-state index is 0.131. The third-order valence-electron chi connectivity index (χ3n) is 3.20. The Morgan fingerprint density at radius 1 is 1.40 bits per heavy atom. The van der Waals surface area contributed by atoms with Gasteiger partial charge in [-0.25, -0.2) is 4.79 Å². The summed E-state index contributed by atoms with van der Waals surface area (Å²) in [6.45, 7) is 0. The van der Waals surface area contributed by atoms with Crippen LogP contribution < -0.4 is 4.74 Å². The number of ether oxygens (including phenoxy) is 1. The molecule has 0 aliphatic carbocycles. The molecule has 20 heavy (non-hydrogen) atoms. The minimum Gasteiger partial charge on any atom is -0.496 e. The van der Waals surface area contributed by atoms with Gasteiger partial charge in [0.1, 0.15) is 5.75 Å². The normalized spacial score (nSPS) is 10.9. The number of rotatable bonds is 3. The van der Waals surface area contributed by atoms with Crippen molar-refractivity contribution in [2.45, 2.75) is 0 Å². The molecule has 1 aromatic carbocycles. The van der Waals surface area contributed by atoms with Crippen LogP contribution in [0.1, 0.15) is 10.5 Å². The molecule has 0 fully saturated rings. The molecule has 0 aliphatic heterocycles. The molecule has 102 valence electrons. The van der Waals surface area contributed by atoms with Gasteiger partial charge in [0, 0.05) is 30.2 Å². The van der Waals surface area contributed by atoms with Crippen molar-refractivity contribution in [1.29, 1.82) is 0 Å². The van der Waals surface area contributed by atoms with Gasteiger partial charge in [-0.3, -0.25) is 0 Å². The van der Waals surface area contributed by atoms with Gasteiger partial charge in [0.15, 0.2) is 11.5 Å². The van der Waals surface area contributed by atoms with Crippen LogP contribution in [0, 0.1) is 0 Å². The van der Waals surface area contributed by atoms with E-state index in [0.29, 0.717) is 17.1 Å². The molecule has 0 radical (unpaired) electrons. The third-order valence-corrected chi connectivity index (χ3v) is 3.20. The van der Waals surface area contributed by atoms with Gasteiger partial charge in [0.05, 0.1) is 12.7 Å². The third kappa shape index (κ3) is 1.82. The number of benzene rings is 1. The van der Waals surface area contributed by atoms with E-state index in [4.69, 9.17) is 14.4 Å². The highest BCUT2D eigenvalue weighted by Gasteiger charge is 2.17. The van der Waals surface area contributed by atoms with Crippen molar-refractivity contribution in [3.05, 3.63) is 36.2 Å². The van der Waals surface area contributed by atoms with E-state index in [9.17, 15) is 4.79 Å². The highest BCUT2D eigenvalue weighted by molar-refractivity contribution is 5.90. The Morgan fingerprint density at radius 2 is 2.20 bits per heavy atom. The van der Waals surface area contributed by atoms with E-state index in [1.165, 1.54) is 6.07 Å². The molecule has 0 bridgehead atoms. The predicted molar refractivity (Wildman–Crippen MR) is 71.9 cm³/mol. The largest absolute Gasteiger partial charge is 0.496 e. The van der Waals surface area contributed by atoms with Crippen LogP contribution in [0.4, 0.5) is 0 Å². The average Bonchev–Trinajstić information content (AvgIpc) is 3.05. The smallest absolute Gasteiger partial charge is 0.358 e. The van der Waals surface area contributed by atoms with Crippen molar-refractivity contribution in [1.82, 2.24) is 9.72 Å². The van der Waals surface area contributed by atoms with E-state index in [1.54, 1.807) is 7.11 Å². The number of carbonyl (C=O) groups is 1. The number of methoxy groups -OCH3 is 1.